The lowest BCUT2D eigenvalue weighted by Crippen LogP contribution is -2.35. The molecule has 13 heavy (non-hydrogen) atoms. The van der Waals surface area contributed by atoms with Gasteiger partial charge in [-0.05, 0) is 24.6 Å². The molecule has 70 valence electrons. The van der Waals surface area contributed by atoms with Gasteiger partial charge in [-0.1, -0.05) is 22.0 Å². The highest BCUT2D eigenvalue weighted by atomic mass is 79.9. The normalized spacial score (nSPS) is 9.85. The summed E-state index contributed by atoms with van der Waals surface area (Å²) in [4.78, 5) is 10.9. The minimum absolute atomic E-state index is 0.184. The second kappa shape index (κ2) is 3.89. The van der Waals surface area contributed by atoms with E-state index in [2.05, 4.69) is 15.9 Å². The number of hydrogen-bond donors (Lipinski definition) is 1. The monoisotopic (exact) mass is 242 g/mol. The van der Waals surface area contributed by atoms with Crippen LogP contribution < -0.4 is 10.9 Å². The second-order valence-electron chi connectivity index (χ2n) is 2.82. The fourth-order valence-electron chi connectivity index (χ4n) is 0.913. The smallest absolute Gasteiger partial charge is 0.238 e. The molecule has 1 rings (SSSR count). The van der Waals surface area contributed by atoms with Crippen molar-refractivity contribution in [3.05, 3.63) is 28.2 Å². The molecule has 0 unspecified atom stereocenters. The van der Waals surface area contributed by atoms with Crippen LogP contribution in [-0.4, -0.2) is 5.91 Å². The van der Waals surface area contributed by atoms with E-state index in [0.717, 1.165) is 15.0 Å². The Labute approximate surface area is 85.6 Å². The molecule has 0 aliphatic carbocycles. The van der Waals surface area contributed by atoms with Crippen LogP contribution in [0.25, 0.3) is 0 Å². The predicted molar refractivity (Wildman–Crippen MR) is 56.2 cm³/mol. The van der Waals surface area contributed by atoms with Crippen molar-refractivity contribution in [2.75, 3.05) is 5.01 Å². The minimum Gasteiger partial charge on any atom is -0.273 e. The molecule has 0 fully saturated rings. The van der Waals surface area contributed by atoms with Crippen LogP contribution in [0.4, 0.5) is 5.69 Å². The lowest BCUT2D eigenvalue weighted by Gasteiger charge is -2.14. The molecule has 0 aliphatic heterocycles. The van der Waals surface area contributed by atoms with Crippen LogP contribution in [0.1, 0.15) is 12.5 Å². The topological polar surface area (TPSA) is 46.3 Å². The molecule has 1 aromatic rings. The Kier molecular flexibility index (Phi) is 3.06. The molecule has 0 radical (unpaired) electrons. The average molecular weight is 243 g/mol. The molecule has 4 heteroatoms. The quantitative estimate of drug-likeness (QED) is 0.465. The van der Waals surface area contributed by atoms with E-state index in [1.54, 1.807) is 0 Å². The van der Waals surface area contributed by atoms with Gasteiger partial charge in [-0.3, -0.25) is 4.79 Å². The largest absolute Gasteiger partial charge is 0.273 e. The number of carbonyl (C=O) groups is 1. The maximum atomic E-state index is 10.9. The number of nitrogens with zero attached hydrogens (tertiary/aromatic N) is 1. The molecular formula is C9H11BrN2O. The standard InChI is InChI=1S/C9H11BrN2O/c1-6-3-4-8(5-9(6)10)12(11)7(2)13/h3-5H,11H2,1-2H3. The van der Waals surface area contributed by atoms with Gasteiger partial charge in [-0.15, -0.1) is 0 Å². The third-order valence-electron chi connectivity index (χ3n) is 1.77. The zero-order valence-corrected chi connectivity index (χ0v) is 9.13. The van der Waals surface area contributed by atoms with Crippen molar-refractivity contribution in [3.63, 3.8) is 0 Å². The highest BCUT2D eigenvalue weighted by Crippen LogP contribution is 2.22. The van der Waals surface area contributed by atoms with Crippen LogP contribution in [0.5, 0.6) is 0 Å². The van der Waals surface area contributed by atoms with Crippen molar-refractivity contribution in [1.82, 2.24) is 0 Å². The number of benzene rings is 1. The van der Waals surface area contributed by atoms with Crippen LogP contribution in [0.3, 0.4) is 0 Å². The fraction of sp³-hybridized carbons (Fsp3) is 0.222. The first kappa shape index (κ1) is 10.2. The number of anilines is 1. The fourth-order valence-corrected chi connectivity index (χ4v) is 1.28. The van der Waals surface area contributed by atoms with Crippen molar-refractivity contribution in [3.8, 4) is 0 Å². The summed E-state index contributed by atoms with van der Waals surface area (Å²) in [5.74, 6) is 5.34. The molecular weight excluding hydrogens is 232 g/mol. The van der Waals surface area contributed by atoms with E-state index in [9.17, 15) is 4.79 Å². The minimum atomic E-state index is -0.184. The van der Waals surface area contributed by atoms with Gasteiger partial charge in [0.2, 0.25) is 5.91 Å². The molecule has 0 spiro atoms. The number of amides is 1. The summed E-state index contributed by atoms with van der Waals surface area (Å²) >= 11 is 3.37. The second-order valence-corrected chi connectivity index (χ2v) is 3.68. The first-order chi connectivity index (χ1) is 6.02. The van der Waals surface area contributed by atoms with Crippen molar-refractivity contribution in [2.45, 2.75) is 13.8 Å². The number of halogens is 1. The summed E-state index contributed by atoms with van der Waals surface area (Å²) in [6, 6.07) is 5.53. The summed E-state index contributed by atoms with van der Waals surface area (Å²) in [5, 5.41) is 1.12. The molecule has 0 saturated carbocycles. The van der Waals surface area contributed by atoms with Gasteiger partial charge >= 0.3 is 0 Å². The van der Waals surface area contributed by atoms with Crippen LogP contribution in [0.15, 0.2) is 22.7 Å². The van der Waals surface area contributed by atoms with Crippen molar-refractivity contribution in [2.24, 2.45) is 5.84 Å². The Morgan fingerprint density at radius 1 is 1.54 bits per heavy atom. The Hall–Kier alpha value is -0.870. The molecule has 1 amide bonds. The first-order valence-electron chi connectivity index (χ1n) is 3.84. The number of hydrogen-bond acceptors (Lipinski definition) is 2. The number of aryl methyl sites for hydroxylation is 1. The van der Waals surface area contributed by atoms with Gasteiger partial charge in [0.25, 0.3) is 0 Å². The Balaban J connectivity index is 3.03. The van der Waals surface area contributed by atoms with E-state index in [1.807, 2.05) is 25.1 Å². The average Bonchev–Trinajstić information content (AvgIpc) is 2.08. The number of carbonyl (C=O) groups excluding carboxylic acids is 1. The van der Waals surface area contributed by atoms with E-state index < -0.39 is 0 Å². The van der Waals surface area contributed by atoms with Crippen LogP contribution >= 0.6 is 15.9 Å². The van der Waals surface area contributed by atoms with Gasteiger partial charge in [-0.25, -0.2) is 10.9 Å². The summed E-state index contributed by atoms with van der Waals surface area (Å²) in [6.07, 6.45) is 0. The van der Waals surface area contributed by atoms with Gasteiger partial charge in [0.15, 0.2) is 0 Å². The number of nitrogens with two attached hydrogens (primary N) is 1. The maximum Gasteiger partial charge on any atom is 0.238 e. The predicted octanol–water partition coefficient (Wildman–Crippen LogP) is 1.98. The van der Waals surface area contributed by atoms with Crippen molar-refractivity contribution < 1.29 is 4.79 Å². The summed E-state index contributed by atoms with van der Waals surface area (Å²) in [6.45, 7) is 3.40. The lowest BCUT2D eigenvalue weighted by molar-refractivity contribution is -0.116. The van der Waals surface area contributed by atoms with Gasteiger partial charge in [0, 0.05) is 11.4 Å². The van der Waals surface area contributed by atoms with E-state index in [-0.39, 0.29) is 5.91 Å². The van der Waals surface area contributed by atoms with Gasteiger partial charge in [0.1, 0.15) is 0 Å². The van der Waals surface area contributed by atoms with Crippen LogP contribution in [-0.2, 0) is 4.79 Å². The summed E-state index contributed by atoms with van der Waals surface area (Å²) in [7, 11) is 0. The molecule has 0 heterocycles. The Morgan fingerprint density at radius 3 is 2.62 bits per heavy atom. The van der Waals surface area contributed by atoms with Gasteiger partial charge in [0.05, 0.1) is 5.69 Å². The number of hydrazine groups is 1. The Morgan fingerprint density at radius 2 is 2.15 bits per heavy atom. The SMILES string of the molecule is CC(=O)N(N)c1ccc(C)c(Br)c1. The Bertz CT molecular complexity index is 338. The highest BCUT2D eigenvalue weighted by molar-refractivity contribution is 9.10. The molecule has 3 nitrogen and oxygen atoms in total. The molecule has 0 aromatic heterocycles. The first-order valence-corrected chi connectivity index (χ1v) is 4.63. The molecule has 0 aliphatic rings. The van der Waals surface area contributed by atoms with E-state index in [0.29, 0.717) is 5.69 Å². The van der Waals surface area contributed by atoms with Crippen LogP contribution in [0.2, 0.25) is 0 Å². The molecule has 1 aromatic carbocycles. The van der Waals surface area contributed by atoms with E-state index in [1.165, 1.54) is 6.92 Å². The van der Waals surface area contributed by atoms with Crippen LogP contribution in [0, 0.1) is 6.92 Å². The van der Waals surface area contributed by atoms with Crippen molar-refractivity contribution in [1.29, 1.82) is 0 Å². The number of rotatable bonds is 1. The van der Waals surface area contributed by atoms with Gasteiger partial charge < -0.3 is 0 Å². The molecule has 2 N–H and O–H groups in total. The molecule has 0 atom stereocenters. The lowest BCUT2D eigenvalue weighted by atomic mass is 10.2. The molecule has 0 saturated heterocycles. The van der Waals surface area contributed by atoms with Crippen molar-refractivity contribution >= 4 is 27.5 Å². The van der Waals surface area contributed by atoms with E-state index >= 15 is 0 Å². The van der Waals surface area contributed by atoms with Gasteiger partial charge in [-0.2, -0.15) is 0 Å². The third kappa shape index (κ3) is 2.29. The summed E-state index contributed by atoms with van der Waals surface area (Å²) in [5.41, 5.74) is 1.80. The van der Waals surface area contributed by atoms with E-state index in [4.69, 9.17) is 5.84 Å². The zero-order valence-electron chi connectivity index (χ0n) is 7.54. The summed E-state index contributed by atoms with van der Waals surface area (Å²) < 4.78 is 0.946. The maximum absolute atomic E-state index is 10.9. The molecule has 0 bridgehead atoms. The third-order valence-corrected chi connectivity index (χ3v) is 2.63. The zero-order chi connectivity index (χ0) is 10.0. The highest BCUT2D eigenvalue weighted by Gasteiger charge is 2.06.